The maximum atomic E-state index is 12.0. The van der Waals surface area contributed by atoms with Crippen LogP contribution in [0.3, 0.4) is 0 Å². The minimum Gasteiger partial charge on any atom is -0.497 e. The maximum Gasteiger partial charge on any atom is 0.256 e. The van der Waals surface area contributed by atoms with Crippen molar-refractivity contribution in [3.05, 3.63) is 47.3 Å². The van der Waals surface area contributed by atoms with E-state index in [1.165, 1.54) is 6.20 Å². The number of rotatable bonds is 6. The summed E-state index contributed by atoms with van der Waals surface area (Å²) in [4.78, 5) is 12.0. The number of nitrogens with one attached hydrogen (secondary N) is 1. The van der Waals surface area contributed by atoms with Gasteiger partial charge in [0.25, 0.3) is 5.91 Å². The van der Waals surface area contributed by atoms with Crippen molar-refractivity contribution >= 4 is 5.91 Å². The average Bonchev–Trinajstić information content (AvgIpc) is 2.94. The molecule has 21 heavy (non-hydrogen) atoms. The molecule has 0 aliphatic rings. The first-order chi connectivity index (χ1) is 10.2. The lowest BCUT2D eigenvalue weighted by atomic mass is 10.1. The topological polar surface area (TPSA) is 73.6 Å². The zero-order valence-corrected chi connectivity index (χ0v) is 12.3. The number of aromatic nitrogens is 1. The molecule has 2 rings (SSSR count). The fraction of sp³-hybridized carbons (Fsp3) is 0.333. The molecule has 1 atom stereocenters. The molecule has 0 spiro atoms. The summed E-state index contributed by atoms with van der Waals surface area (Å²) in [7, 11) is 3.21. The normalized spacial score (nSPS) is 12.0. The Bertz CT molecular complexity index is 609. The number of benzene rings is 1. The van der Waals surface area contributed by atoms with Crippen LogP contribution in [0.1, 0.15) is 27.8 Å². The number of nitrogens with zero attached hydrogens (tertiary/aromatic N) is 1. The van der Waals surface area contributed by atoms with E-state index < -0.39 is 0 Å². The molecule has 1 aromatic carbocycles. The number of carbonyl (C=O) groups is 1. The van der Waals surface area contributed by atoms with E-state index >= 15 is 0 Å². The fourth-order valence-corrected chi connectivity index (χ4v) is 1.98. The van der Waals surface area contributed by atoms with Gasteiger partial charge in [-0.05, 0) is 24.6 Å². The van der Waals surface area contributed by atoms with Gasteiger partial charge in [-0.2, -0.15) is 0 Å². The Balaban J connectivity index is 2.02. The van der Waals surface area contributed by atoms with Gasteiger partial charge < -0.3 is 19.3 Å². The summed E-state index contributed by atoms with van der Waals surface area (Å²) in [6.07, 6.45) is 1.14. The number of ether oxygens (including phenoxy) is 2. The van der Waals surface area contributed by atoms with E-state index in [4.69, 9.17) is 14.0 Å². The van der Waals surface area contributed by atoms with Gasteiger partial charge >= 0.3 is 0 Å². The minimum absolute atomic E-state index is 0.237. The Morgan fingerprint density at radius 2 is 2.24 bits per heavy atom. The molecule has 1 N–H and O–H groups in total. The highest BCUT2D eigenvalue weighted by atomic mass is 16.5. The van der Waals surface area contributed by atoms with Crippen LogP contribution in [0.5, 0.6) is 5.75 Å². The Labute approximate surface area is 123 Å². The third-order valence-corrected chi connectivity index (χ3v) is 3.19. The molecule has 2 aromatic rings. The predicted octanol–water partition coefficient (Wildman–Crippen LogP) is 2.11. The van der Waals surface area contributed by atoms with E-state index in [2.05, 4.69) is 10.5 Å². The molecule has 1 amide bonds. The fourth-order valence-electron chi connectivity index (χ4n) is 1.98. The zero-order chi connectivity index (χ0) is 15.2. The molecule has 0 unspecified atom stereocenters. The molecule has 6 heteroatoms. The Kier molecular flexibility index (Phi) is 4.94. The van der Waals surface area contributed by atoms with E-state index in [1.54, 1.807) is 21.1 Å². The standard InChI is InChI=1S/C15H18N2O4/c1-10-13(8-17-21-10)15(18)16-9-14(20-3)11-5-4-6-12(7-11)19-2/h4-8,14H,9H2,1-3H3,(H,16,18)/t14-/m0/s1. The van der Waals surface area contributed by atoms with E-state index in [1.807, 2.05) is 24.3 Å². The average molecular weight is 290 g/mol. The zero-order valence-electron chi connectivity index (χ0n) is 12.3. The third kappa shape index (κ3) is 3.61. The van der Waals surface area contributed by atoms with Crippen LogP contribution in [0, 0.1) is 6.92 Å². The molecule has 112 valence electrons. The summed E-state index contributed by atoms with van der Waals surface area (Å²) >= 11 is 0. The SMILES string of the molecule is COc1cccc([C@H](CNC(=O)c2cnoc2C)OC)c1. The summed E-state index contributed by atoms with van der Waals surface area (Å²) in [5.74, 6) is 0.997. The van der Waals surface area contributed by atoms with Crippen LogP contribution in [0.4, 0.5) is 0 Å². The van der Waals surface area contributed by atoms with Gasteiger partial charge in [0.1, 0.15) is 17.1 Å². The Hall–Kier alpha value is -2.34. The van der Waals surface area contributed by atoms with Gasteiger partial charge in [0.15, 0.2) is 0 Å². The van der Waals surface area contributed by atoms with Crippen LogP contribution in [0.25, 0.3) is 0 Å². The van der Waals surface area contributed by atoms with E-state index in [-0.39, 0.29) is 12.0 Å². The molecule has 0 fully saturated rings. The second kappa shape index (κ2) is 6.90. The lowest BCUT2D eigenvalue weighted by molar-refractivity contribution is 0.0826. The van der Waals surface area contributed by atoms with Crippen LogP contribution < -0.4 is 10.1 Å². The molecule has 1 aromatic heterocycles. The van der Waals surface area contributed by atoms with Crippen LogP contribution >= 0.6 is 0 Å². The molecule has 6 nitrogen and oxygen atoms in total. The molecule has 0 aliphatic heterocycles. The number of hydrogen-bond acceptors (Lipinski definition) is 5. The molecule has 0 radical (unpaired) electrons. The van der Waals surface area contributed by atoms with Crippen molar-refractivity contribution in [3.63, 3.8) is 0 Å². The number of methoxy groups -OCH3 is 2. The van der Waals surface area contributed by atoms with Crippen molar-refractivity contribution in [1.29, 1.82) is 0 Å². The van der Waals surface area contributed by atoms with Crippen molar-refractivity contribution in [3.8, 4) is 5.75 Å². The van der Waals surface area contributed by atoms with Crippen molar-refractivity contribution in [2.24, 2.45) is 0 Å². The highest BCUT2D eigenvalue weighted by Crippen LogP contribution is 2.21. The van der Waals surface area contributed by atoms with Crippen molar-refractivity contribution in [2.45, 2.75) is 13.0 Å². The van der Waals surface area contributed by atoms with Gasteiger partial charge in [-0.25, -0.2) is 0 Å². The first-order valence-electron chi connectivity index (χ1n) is 6.52. The van der Waals surface area contributed by atoms with Gasteiger partial charge in [-0.1, -0.05) is 17.3 Å². The number of hydrogen-bond donors (Lipinski definition) is 1. The number of amides is 1. The summed E-state index contributed by atoms with van der Waals surface area (Å²) < 4.78 is 15.5. The van der Waals surface area contributed by atoms with E-state index in [0.717, 1.165) is 11.3 Å². The number of carbonyl (C=O) groups excluding carboxylic acids is 1. The molecule has 1 heterocycles. The lowest BCUT2D eigenvalue weighted by Crippen LogP contribution is -2.29. The molecule has 0 aliphatic carbocycles. The smallest absolute Gasteiger partial charge is 0.256 e. The quantitative estimate of drug-likeness (QED) is 0.882. The first-order valence-corrected chi connectivity index (χ1v) is 6.52. The van der Waals surface area contributed by atoms with Gasteiger partial charge in [0.05, 0.1) is 19.4 Å². The Morgan fingerprint density at radius 1 is 1.43 bits per heavy atom. The highest BCUT2D eigenvalue weighted by Gasteiger charge is 2.16. The van der Waals surface area contributed by atoms with Crippen LogP contribution in [-0.2, 0) is 4.74 Å². The molecule has 0 bridgehead atoms. The molecular formula is C15H18N2O4. The van der Waals surface area contributed by atoms with E-state index in [9.17, 15) is 4.79 Å². The monoisotopic (exact) mass is 290 g/mol. The third-order valence-electron chi connectivity index (χ3n) is 3.19. The maximum absolute atomic E-state index is 12.0. The van der Waals surface area contributed by atoms with Crippen LogP contribution in [0.15, 0.2) is 35.0 Å². The predicted molar refractivity (Wildman–Crippen MR) is 76.3 cm³/mol. The second-order valence-electron chi connectivity index (χ2n) is 4.51. The van der Waals surface area contributed by atoms with Gasteiger partial charge in [-0.3, -0.25) is 4.79 Å². The van der Waals surface area contributed by atoms with Gasteiger partial charge in [0, 0.05) is 13.7 Å². The molecule has 0 saturated heterocycles. The summed E-state index contributed by atoms with van der Waals surface area (Å²) in [6.45, 7) is 2.03. The molecular weight excluding hydrogens is 272 g/mol. The van der Waals surface area contributed by atoms with Crippen molar-refractivity contribution < 1.29 is 18.8 Å². The highest BCUT2D eigenvalue weighted by molar-refractivity contribution is 5.94. The van der Waals surface area contributed by atoms with Crippen LogP contribution in [0.2, 0.25) is 0 Å². The Morgan fingerprint density at radius 3 is 2.86 bits per heavy atom. The summed E-state index contributed by atoms with van der Waals surface area (Å²) in [5, 5.41) is 6.40. The van der Waals surface area contributed by atoms with Crippen LogP contribution in [-0.4, -0.2) is 31.8 Å². The van der Waals surface area contributed by atoms with Crippen molar-refractivity contribution in [2.75, 3.05) is 20.8 Å². The molecule has 0 saturated carbocycles. The number of aryl methyl sites for hydroxylation is 1. The van der Waals surface area contributed by atoms with Gasteiger partial charge in [0.2, 0.25) is 0 Å². The lowest BCUT2D eigenvalue weighted by Gasteiger charge is -2.17. The van der Waals surface area contributed by atoms with Crippen molar-refractivity contribution in [1.82, 2.24) is 10.5 Å². The van der Waals surface area contributed by atoms with Gasteiger partial charge in [-0.15, -0.1) is 0 Å². The summed E-state index contributed by atoms with van der Waals surface area (Å²) in [5.41, 5.74) is 1.36. The largest absolute Gasteiger partial charge is 0.497 e. The second-order valence-corrected chi connectivity index (χ2v) is 4.51. The summed E-state index contributed by atoms with van der Waals surface area (Å²) in [6, 6.07) is 7.54. The van der Waals surface area contributed by atoms with E-state index in [0.29, 0.717) is 17.9 Å². The first kappa shape index (κ1) is 15.1. The minimum atomic E-state index is -0.260.